The van der Waals surface area contributed by atoms with Gasteiger partial charge in [-0.3, -0.25) is 0 Å². The quantitative estimate of drug-likeness (QED) is 0.393. The largest absolute Gasteiger partial charge is 0.382 e. The standard InChI is InChI=1S/C10H22O3.C8H18O/c1-3-4-5-6-12-9-10-13-8-7-11-2;1-3-5-7-9-8-6-4-2/h3-10H2,1-2H3;3-8H2,1-2H3. The summed E-state index contributed by atoms with van der Waals surface area (Å²) in [6.07, 6.45) is 8.57. The molecule has 0 rings (SSSR count). The van der Waals surface area contributed by atoms with E-state index in [9.17, 15) is 0 Å². The first-order valence-electron chi connectivity index (χ1n) is 9.05. The molecular formula is C18H40O4. The van der Waals surface area contributed by atoms with Crippen LogP contribution in [0.25, 0.3) is 0 Å². The third-order valence-electron chi connectivity index (χ3n) is 2.98. The molecule has 4 nitrogen and oxygen atoms in total. The molecular weight excluding hydrogens is 280 g/mol. The summed E-state index contributed by atoms with van der Waals surface area (Å²) in [4.78, 5) is 0. The molecule has 0 atom stereocenters. The van der Waals surface area contributed by atoms with Crippen LogP contribution in [0, 0.1) is 0 Å². The number of ether oxygens (including phenoxy) is 4. The molecule has 0 aromatic rings. The van der Waals surface area contributed by atoms with Crippen LogP contribution in [0.1, 0.15) is 65.7 Å². The van der Waals surface area contributed by atoms with Crippen LogP contribution in [0.3, 0.4) is 0 Å². The molecule has 0 aliphatic heterocycles. The van der Waals surface area contributed by atoms with Crippen LogP contribution >= 0.6 is 0 Å². The lowest BCUT2D eigenvalue weighted by Crippen LogP contribution is -2.08. The van der Waals surface area contributed by atoms with Crippen molar-refractivity contribution in [2.24, 2.45) is 0 Å². The highest BCUT2D eigenvalue weighted by molar-refractivity contribution is 4.37. The third kappa shape index (κ3) is 28.1. The number of unbranched alkanes of at least 4 members (excludes halogenated alkanes) is 4. The number of hydrogen-bond donors (Lipinski definition) is 0. The van der Waals surface area contributed by atoms with Gasteiger partial charge in [0, 0.05) is 26.9 Å². The van der Waals surface area contributed by atoms with Crippen LogP contribution < -0.4 is 0 Å². The normalized spacial score (nSPS) is 10.4. The molecule has 4 heteroatoms. The summed E-state index contributed by atoms with van der Waals surface area (Å²) in [7, 11) is 1.67. The molecule has 0 aromatic carbocycles. The van der Waals surface area contributed by atoms with Crippen molar-refractivity contribution in [1.29, 1.82) is 0 Å². The zero-order chi connectivity index (χ0) is 16.7. The van der Waals surface area contributed by atoms with Crippen molar-refractivity contribution in [3.05, 3.63) is 0 Å². The van der Waals surface area contributed by atoms with Crippen molar-refractivity contribution in [3.8, 4) is 0 Å². The smallest absolute Gasteiger partial charge is 0.0701 e. The fourth-order valence-corrected chi connectivity index (χ4v) is 1.51. The van der Waals surface area contributed by atoms with Crippen LogP contribution in [-0.2, 0) is 18.9 Å². The van der Waals surface area contributed by atoms with Gasteiger partial charge in [0.05, 0.1) is 26.4 Å². The molecule has 0 radical (unpaired) electrons. The molecule has 0 saturated carbocycles. The van der Waals surface area contributed by atoms with Crippen LogP contribution in [0.15, 0.2) is 0 Å². The van der Waals surface area contributed by atoms with E-state index in [4.69, 9.17) is 18.9 Å². The summed E-state index contributed by atoms with van der Waals surface area (Å²) in [6, 6.07) is 0. The van der Waals surface area contributed by atoms with Gasteiger partial charge in [-0.25, -0.2) is 0 Å². The Bertz CT molecular complexity index is 149. The Morgan fingerprint density at radius 1 is 0.455 bits per heavy atom. The van der Waals surface area contributed by atoms with Crippen molar-refractivity contribution in [2.45, 2.75) is 65.7 Å². The lowest BCUT2D eigenvalue weighted by Gasteiger charge is -2.04. The number of methoxy groups -OCH3 is 1. The Hall–Kier alpha value is -0.160. The lowest BCUT2D eigenvalue weighted by atomic mass is 10.3. The molecule has 22 heavy (non-hydrogen) atoms. The highest BCUT2D eigenvalue weighted by Gasteiger charge is 1.89. The maximum Gasteiger partial charge on any atom is 0.0701 e. The average Bonchev–Trinajstić information content (AvgIpc) is 2.54. The molecule has 0 spiro atoms. The molecule has 0 aliphatic rings. The van der Waals surface area contributed by atoms with Gasteiger partial charge in [-0.15, -0.1) is 0 Å². The zero-order valence-corrected chi connectivity index (χ0v) is 15.5. The van der Waals surface area contributed by atoms with Gasteiger partial charge < -0.3 is 18.9 Å². The summed E-state index contributed by atoms with van der Waals surface area (Å²) in [6.45, 7) is 12.0. The van der Waals surface area contributed by atoms with Gasteiger partial charge in [0.15, 0.2) is 0 Å². The summed E-state index contributed by atoms with van der Waals surface area (Å²) >= 11 is 0. The van der Waals surface area contributed by atoms with Gasteiger partial charge >= 0.3 is 0 Å². The summed E-state index contributed by atoms with van der Waals surface area (Å²) < 4.78 is 20.7. The van der Waals surface area contributed by atoms with Crippen LogP contribution in [0.4, 0.5) is 0 Å². The van der Waals surface area contributed by atoms with E-state index in [0.29, 0.717) is 26.4 Å². The topological polar surface area (TPSA) is 36.9 Å². The maximum atomic E-state index is 5.35. The van der Waals surface area contributed by atoms with Crippen LogP contribution in [0.5, 0.6) is 0 Å². The van der Waals surface area contributed by atoms with Gasteiger partial charge in [-0.2, -0.15) is 0 Å². The Balaban J connectivity index is 0. The fraction of sp³-hybridized carbons (Fsp3) is 1.00. The van der Waals surface area contributed by atoms with Gasteiger partial charge in [0.1, 0.15) is 0 Å². The van der Waals surface area contributed by atoms with E-state index in [1.54, 1.807) is 7.11 Å². The fourth-order valence-electron chi connectivity index (χ4n) is 1.51. The SMILES string of the molecule is CCCCCOCCOCCOC.CCCCOCCCC. The molecule has 0 aliphatic carbocycles. The first kappa shape index (κ1) is 24.1. The average molecular weight is 321 g/mol. The van der Waals surface area contributed by atoms with Gasteiger partial charge in [0.25, 0.3) is 0 Å². The highest BCUT2D eigenvalue weighted by Crippen LogP contribution is 1.93. The van der Waals surface area contributed by atoms with Crippen LogP contribution in [0.2, 0.25) is 0 Å². The molecule has 0 bridgehead atoms. The van der Waals surface area contributed by atoms with Crippen LogP contribution in [-0.4, -0.2) is 53.4 Å². The zero-order valence-electron chi connectivity index (χ0n) is 15.5. The molecule has 0 amide bonds. The Labute approximate surface area is 138 Å². The molecule has 136 valence electrons. The van der Waals surface area contributed by atoms with Crippen molar-refractivity contribution in [3.63, 3.8) is 0 Å². The van der Waals surface area contributed by atoms with Crippen molar-refractivity contribution < 1.29 is 18.9 Å². The van der Waals surface area contributed by atoms with E-state index in [2.05, 4.69) is 20.8 Å². The van der Waals surface area contributed by atoms with Crippen molar-refractivity contribution >= 4 is 0 Å². The maximum absolute atomic E-state index is 5.35. The minimum absolute atomic E-state index is 0.662. The molecule has 0 heterocycles. The number of rotatable bonds is 16. The predicted octanol–water partition coefficient (Wildman–Crippen LogP) is 4.46. The van der Waals surface area contributed by atoms with E-state index < -0.39 is 0 Å². The first-order chi connectivity index (χ1) is 10.8. The van der Waals surface area contributed by atoms with Gasteiger partial charge in [-0.05, 0) is 19.3 Å². The van der Waals surface area contributed by atoms with Crippen molar-refractivity contribution in [1.82, 2.24) is 0 Å². The van der Waals surface area contributed by atoms with E-state index >= 15 is 0 Å². The van der Waals surface area contributed by atoms with Gasteiger partial charge in [-0.1, -0.05) is 46.5 Å². The Morgan fingerprint density at radius 2 is 0.864 bits per heavy atom. The first-order valence-corrected chi connectivity index (χ1v) is 9.05. The second-order valence-corrected chi connectivity index (χ2v) is 5.24. The van der Waals surface area contributed by atoms with Crippen molar-refractivity contribution in [2.75, 3.05) is 53.4 Å². The molecule has 0 fully saturated rings. The minimum Gasteiger partial charge on any atom is -0.382 e. The van der Waals surface area contributed by atoms with E-state index in [0.717, 1.165) is 26.2 Å². The van der Waals surface area contributed by atoms with E-state index in [1.165, 1.54) is 38.5 Å². The second-order valence-electron chi connectivity index (χ2n) is 5.24. The Kier molecular flexibility index (Phi) is 28.2. The summed E-state index contributed by atoms with van der Waals surface area (Å²) in [5, 5.41) is 0. The number of hydrogen-bond acceptors (Lipinski definition) is 4. The summed E-state index contributed by atoms with van der Waals surface area (Å²) in [5.41, 5.74) is 0. The molecule has 0 unspecified atom stereocenters. The van der Waals surface area contributed by atoms with Gasteiger partial charge in [0.2, 0.25) is 0 Å². The second kappa shape index (κ2) is 25.8. The third-order valence-corrected chi connectivity index (χ3v) is 2.98. The monoisotopic (exact) mass is 320 g/mol. The summed E-state index contributed by atoms with van der Waals surface area (Å²) in [5.74, 6) is 0. The van der Waals surface area contributed by atoms with E-state index in [1.807, 2.05) is 0 Å². The Morgan fingerprint density at radius 3 is 1.36 bits per heavy atom. The predicted molar refractivity (Wildman–Crippen MR) is 93.7 cm³/mol. The lowest BCUT2D eigenvalue weighted by molar-refractivity contribution is 0.0240. The van der Waals surface area contributed by atoms with E-state index in [-0.39, 0.29) is 0 Å². The molecule has 0 aromatic heterocycles. The minimum atomic E-state index is 0.662. The highest BCUT2D eigenvalue weighted by atomic mass is 16.5. The molecule has 0 saturated heterocycles. The molecule has 0 N–H and O–H groups in total.